The Bertz CT molecular complexity index is 1130. The molecule has 0 N–H and O–H groups in total. The Hall–Kier alpha value is -2.98. The summed E-state index contributed by atoms with van der Waals surface area (Å²) in [6, 6.07) is 10.2. The van der Waals surface area contributed by atoms with E-state index in [4.69, 9.17) is 0 Å². The Balaban J connectivity index is 1.61. The van der Waals surface area contributed by atoms with Crippen LogP contribution >= 0.6 is 0 Å². The number of amides is 1. The number of piperazine rings is 1. The van der Waals surface area contributed by atoms with E-state index in [1.807, 2.05) is 0 Å². The van der Waals surface area contributed by atoms with Gasteiger partial charge in [0.15, 0.2) is 5.78 Å². The minimum atomic E-state index is -4.43. The lowest BCUT2D eigenvalue weighted by Crippen LogP contribution is -2.50. The van der Waals surface area contributed by atoms with Crippen molar-refractivity contribution in [3.8, 4) is 0 Å². The van der Waals surface area contributed by atoms with Gasteiger partial charge in [0.2, 0.25) is 15.9 Å². The smallest absolute Gasteiger partial charge is 0.337 e. The molecule has 1 amide bonds. The van der Waals surface area contributed by atoms with Crippen molar-refractivity contribution in [1.29, 1.82) is 0 Å². The number of Topliss-reactive ketones (excluding diaryl/α,β-unsaturated/α-hetero) is 1. The van der Waals surface area contributed by atoms with E-state index >= 15 is 0 Å². The molecular weight excluding hydrogens is 445 g/mol. The second kappa shape index (κ2) is 9.25. The summed E-state index contributed by atoms with van der Waals surface area (Å²) in [6.45, 7) is 1.87. The summed E-state index contributed by atoms with van der Waals surface area (Å²) < 4.78 is 64.8. The van der Waals surface area contributed by atoms with Crippen LogP contribution in [0.2, 0.25) is 0 Å². The molecule has 0 atom stereocenters. The molecule has 1 heterocycles. The van der Waals surface area contributed by atoms with E-state index in [2.05, 4.69) is 0 Å². The fourth-order valence-corrected chi connectivity index (χ4v) is 4.70. The first-order valence-electron chi connectivity index (χ1n) is 9.74. The molecule has 3 rings (SSSR count). The first-order valence-corrected chi connectivity index (χ1v) is 11.2. The zero-order valence-electron chi connectivity index (χ0n) is 17.2. The van der Waals surface area contributed by atoms with Gasteiger partial charge in [0.1, 0.15) is 0 Å². The van der Waals surface area contributed by atoms with Gasteiger partial charge in [0.05, 0.1) is 10.5 Å². The lowest BCUT2D eigenvalue weighted by molar-refractivity contribution is -0.137. The van der Waals surface area contributed by atoms with Crippen LogP contribution < -0.4 is 0 Å². The molecule has 2 aromatic rings. The summed E-state index contributed by atoms with van der Waals surface area (Å²) >= 11 is 0. The van der Waals surface area contributed by atoms with Gasteiger partial charge in [-0.1, -0.05) is 24.3 Å². The molecule has 1 fully saturated rings. The predicted molar refractivity (Wildman–Crippen MR) is 112 cm³/mol. The number of hydrogen-bond acceptors (Lipinski definition) is 4. The summed E-state index contributed by atoms with van der Waals surface area (Å²) in [4.78, 5) is 25.4. The van der Waals surface area contributed by atoms with Crippen LogP contribution in [0.3, 0.4) is 0 Å². The van der Waals surface area contributed by atoms with Gasteiger partial charge >= 0.3 is 6.18 Å². The molecule has 1 aliphatic rings. The maximum Gasteiger partial charge on any atom is 0.416 e. The van der Waals surface area contributed by atoms with E-state index in [0.717, 1.165) is 12.1 Å². The number of ketones is 1. The quantitative estimate of drug-likeness (QED) is 0.500. The highest BCUT2D eigenvalue weighted by Crippen LogP contribution is 2.29. The molecule has 1 aliphatic heterocycles. The maximum absolute atomic E-state index is 12.9. The van der Waals surface area contributed by atoms with E-state index in [1.165, 1.54) is 58.6 Å². The van der Waals surface area contributed by atoms with Crippen molar-refractivity contribution >= 4 is 27.8 Å². The van der Waals surface area contributed by atoms with Crippen molar-refractivity contribution in [3.63, 3.8) is 0 Å². The molecule has 10 heteroatoms. The third-order valence-electron chi connectivity index (χ3n) is 5.09. The van der Waals surface area contributed by atoms with Crippen LogP contribution in [-0.2, 0) is 21.0 Å². The molecule has 0 aliphatic carbocycles. The van der Waals surface area contributed by atoms with Gasteiger partial charge < -0.3 is 4.90 Å². The average molecular weight is 466 g/mol. The topological polar surface area (TPSA) is 74.8 Å². The largest absolute Gasteiger partial charge is 0.416 e. The van der Waals surface area contributed by atoms with Crippen molar-refractivity contribution < 1.29 is 31.2 Å². The molecule has 0 spiro atoms. The number of carbonyl (C=O) groups is 2. The van der Waals surface area contributed by atoms with Crippen LogP contribution in [-0.4, -0.2) is 55.5 Å². The van der Waals surface area contributed by atoms with Crippen LogP contribution in [0.25, 0.3) is 6.08 Å². The highest BCUT2D eigenvalue weighted by atomic mass is 32.2. The molecule has 2 aromatic carbocycles. The molecule has 1 saturated heterocycles. The van der Waals surface area contributed by atoms with Crippen LogP contribution in [0.4, 0.5) is 13.2 Å². The van der Waals surface area contributed by atoms with Crippen LogP contribution in [0.5, 0.6) is 0 Å². The van der Waals surface area contributed by atoms with Crippen molar-refractivity contribution in [1.82, 2.24) is 9.21 Å². The predicted octanol–water partition coefficient (Wildman–Crippen LogP) is 3.45. The fraction of sp³-hybridized carbons (Fsp3) is 0.273. The standard InChI is InChI=1S/C22H21F3N2O4S/c1-16(28)18-3-2-4-20(15-18)32(30,31)27-13-11-26(12-14-27)21(29)10-7-17-5-8-19(9-6-17)22(23,24)25/h2-10,15H,11-14H2,1H3/b10-7+. The zero-order chi connectivity index (χ0) is 23.5. The Labute approximate surface area is 184 Å². The summed E-state index contributed by atoms with van der Waals surface area (Å²) in [7, 11) is -3.81. The van der Waals surface area contributed by atoms with Gasteiger partial charge in [-0.15, -0.1) is 0 Å². The summed E-state index contributed by atoms with van der Waals surface area (Å²) in [6.07, 6.45) is -1.76. The summed E-state index contributed by atoms with van der Waals surface area (Å²) in [5.41, 5.74) is -0.0293. The van der Waals surface area contributed by atoms with Crippen LogP contribution in [0, 0.1) is 0 Å². The summed E-state index contributed by atoms with van der Waals surface area (Å²) in [5, 5.41) is 0. The van der Waals surface area contributed by atoms with Gasteiger partial charge in [0, 0.05) is 37.8 Å². The lowest BCUT2D eigenvalue weighted by atomic mass is 10.1. The number of carbonyl (C=O) groups excluding carboxylic acids is 2. The van der Waals surface area contributed by atoms with E-state index in [1.54, 1.807) is 6.07 Å². The van der Waals surface area contributed by atoms with Gasteiger partial charge in [-0.2, -0.15) is 17.5 Å². The Morgan fingerprint density at radius 3 is 2.16 bits per heavy atom. The first-order chi connectivity index (χ1) is 15.0. The Kier molecular flexibility index (Phi) is 6.85. The minimum Gasteiger partial charge on any atom is -0.337 e. The Morgan fingerprint density at radius 2 is 1.59 bits per heavy atom. The second-order valence-corrected chi connectivity index (χ2v) is 9.20. The van der Waals surface area contributed by atoms with Crippen LogP contribution in [0.1, 0.15) is 28.4 Å². The number of alkyl halides is 3. The molecule has 6 nitrogen and oxygen atoms in total. The molecule has 0 unspecified atom stereocenters. The van der Waals surface area contributed by atoms with Gasteiger partial charge in [-0.3, -0.25) is 9.59 Å². The van der Waals surface area contributed by atoms with E-state index < -0.39 is 21.8 Å². The van der Waals surface area contributed by atoms with E-state index in [0.29, 0.717) is 11.1 Å². The van der Waals surface area contributed by atoms with Crippen molar-refractivity contribution in [2.75, 3.05) is 26.2 Å². The van der Waals surface area contributed by atoms with Crippen molar-refractivity contribution in [2.24, 2.45) is 0 Å². The molecule has 32 heavy (non-hydrogen) atoms. The van der Waals surface area contributed by atoms with Gasteiger partial charge in [0.25, 0.3) is 0 Å². The zero-order valence-corrected chi connectivity index (χ0v) is 18.0. The van der Waals surface area contributed by atoms with Crippen molar-refractivity contribution in [3.05, 3.63) is 71.3 Å². The molecule has 0 saturated carbocycles. The van der Waals surface area contributed by atoms with E-state index in [-0.39, 0.29) is 42.8 Å². The number of rotatable bonds is 5. The number of hydrogen-bond donors (Lipinski definition) is 0. The van der Waals surface area contributed by atoms with E-state index in [9.17, 15) is 31.2 Å². The monoisotopic (exact) mass is 466 g/mol. The third-order valence-corrected chi connectivity index (χ3v) is 6.98. The fourth-order valence-electron chi connectivity index (χ4n) is 3.23. The molecule has 0 bridgehead atoms. The molecule has 0 radical (unpaired) electrons. The normalized spacial score (nSPS) is 15.8. The van der Waals surface area contributed by atoms with Crippen molar-refractivity contribution in [2.45, 2.75) is 18.0 Å². The average Bonchev–Trinajstić information content (AvgIpc) is 2.77. The number of benzene rings is 2. The number of sulfonamides is 1. The minimum absolute atomic E-state index is 0.0205. The maximum atomic E-state index is 12.9. The highest BCUT2D eigenvalue weighted by molar-refractivity contribution is 7.89. The molecule has 0 aromatic heterocycles. The molecular formula is C22H21F3N2O4S. The second-order valence-electron chi connectivity index (χ2n) is 7.27. The van der Waals surface area contributed by atoms with Gasteiger partial charge in [-0.05, 0) is 42.8 Å². The highest BCUT2D eigenvalue weighted by Gasteiger charge is 2.31. The number of nitrogens with zero attached hydrogens (tertiary/aromatic N) is 2. The SMILES string of the molecule is CC(=O)c1cccc(S(=O)(=O)N2CCN(C(=O)/C=C/c3ccc(C(F)(F)F)cc3)CC2)c1. The molecule has 170 valence electrons. The summed E-state index contributed by atoms with van der Waals surface area (Å²) in [5.74, 6) is -0.599. The van der Waals surface area contributed by atoms with Gasteiger partial charge in [-0.25, -0.2) is 8.42 Å². The Morgan fingerprint density at radius 1 is 0.969 bits per heavy atom. The first kappa shape index (κ1) is 23.7. The number of halogens is 3. The van der Waals surface area contributed by atoms with Crippen LogP contribution in [0.15, 0.2) is 59.5 Å². The third kappa shape index (κ3) is 5.43. The lowest BCUT2D eigenvalue weighted by Gasteiger charge is -2.33.